The Morgan fingerprint density at radius 3 is 2.77 bits per heavy atom. The molecule has 10 nitrogen and oxygen atoms in total. The summed E-state index contributed by atoms with van der Waals surface area (Å²) in [5.74, 6) is -1.03. The molecule has 1 unspecified atom stereocenters. The van der Waals surface area contributed by atoms with Gasteiger partial charge in [-0.2, -0.15) is 0 Å². The van der Waals surface area contributed by atoms with Crippen LogP contribution in [0.1, 0.15) is 57.6 Å². The third kappa shape index (κ3) is 5.22. The van der Waals surface area contributed by atoms with Gasteiger partial charge in [0.15, 0.2) is 39.6 Å². The van der Waals surface area contributed by atoms with Crippen LogP contribution in [0.25, 0.3) is 11.2 Å². The molecule has 0 spiro atoms. The SMILES string of the molecule is CCCSc1nc(N[C@@H]2CC2c2ccc(F)c(F)c2)c2nnn([C@H]3C[C@@H](OCCO)[C@@H]4OC(C)(C)O[C@@H]43)c2n1. The van der Waals surface area contributed by atoms with Crippen LogP contribution in [0.2, 0.25) is 0 Å². The first-order valence-electron chi connectivity index (χ1n) is 13.3. The van der Waals surface area contributed by atoms with Gasteiger partial charge in [-0.05, 0) is 44.4 Å². The number of anilines is 1. The molecule has 2 aromatic heterocycles. The minimum atomic E-state index is -0.853. The lowest BCUT2D eigenvalue weighted by atomic mass is 10.1. The van der Waals surface area contributed by atoms with Gasteiger partial charge in [0.2, 0.25) is 0 Å². The summed E-state index contributed by atoms with van der Waals surface area (Å²) in [5, 5.41) is 22.3. The summed E-state index contributed by atoms with van der Waals surface area (Å²) in [6.45, 7) is 5.96. The van der Waals surface area contributed by atoms with Gasteiger partial charge < -0.3 is 24.6 Å². The molecule has 2 saturated carbocycles. The number of hydrogen-bond acceptors (Lipinski definition) is 10. The number of fused-ring (bicyclic) bond motifs is 2. The number of ether oxygens (including phenoxy) is 3. The molecule has 0 bridgehead atoms. The number of halogens is 2. The van der Waals surface area contributed by atoms with Crippen LogP contribution in [-0.2, 0) is 14.2 Å². The number of benzene rings is 1. The molecule has 2 aliphatic carbocycles. The van der Waals surface area contributed by atoms with Crippen LogP contribution >= 0.6 is 11.8 Å². The second kappa shape index (κ2) is 10.5. The van der Waals surface area contributed by atoms with E-state index in [1.54, 1.807) is 22.5 Å². The number of hydrogen-bond donors (Lipinski definition) is 2. The minimum Gasteiger partial charge on any atom is -0.394 e. The fourth-order valence-electron chi connectivity index (χ4n) is 5.55. The molecule has 2 N–H and O–H groups in total. The van der Waals surface area contributed by atoms with E-state index in [0.29, 0.717) is 28.6 Å². The van der Waals surface area contributed by atoms with Gasteiger partial charge in [0.1, 0.15) is 12.2 Å². The maximum atomic E-state index is 13.8. The smallest absolute Gasteiger partial charge is 0.191 e. The minimum absolute atomic E-state index is 0.00150. The van der Waals surface area contributed by atoms with E-state index < -0.39 is 17.4 Å². The first-order valence-corrected chi connectivity index (χ1v) is 14.3. The Hall–Kier alpha value is -2.45. The summed E-state index contributed by atoms with van der Waals surface area (Å²) in [6, 6.07) is 3.80. The molecule has 3 heterocycles. The first kappa shape index (κ1) is 26.8. The lowest BCUT2D eigenvalue weighted by Gasteiger charge is -2.23. The van der Waals surface area contributed by atoms with Crippen LogP contribution in [0, 0.1) is 11.6 Å². The average molecular weight is 563 g/mol. The van der Waals surface area contributed by atoms with Gasteiger partial charge in [-0.15, -0.1) is 5.10 Å². The van der Waals surface area contributed by atoms with Crippen molar-refractivity contribution in [2.24, 2.45) is 0 Å². The van der Waals surface area contributed by atoms with Gasteiger partial charge in [-0.3, -0.25) is 0 Å². The largest absolute Gasteiger partial charge is 0.394 e. The molecule has 1 saturated heterocycles. The summed E-state index contributed by atoms with van der Waals surface area (Å²) < 4.78 is 47.4. The molecular formula is C26H32F2N6O4S. The fourth-order valence-corrected chi connectivity index (χ4v) is 6.24. The van der Waals surface area contributed by atoms with Crippen molar-refractivity contribution in [3.8, 4) is 0 Å². The number of rotatable bonds is 10. The molecule has 0 radical (unpaired) electrons. The van der Waals surface area contributed by atoms with E-state index in [2.05, 4.69) is 22.6 Å². The zero-order valence-electron chi connectivity index (χ0n) is 22.0. The van der Waals surface area contributed by atoms with Crippen LogP contribution in [0.15, 0.2) is 23.4 Å². The number of aliphatic hydroxyl groups excluding tert-OH is 1. The van der Waals surface area contributed by atoms with Crippen LogP contribution < -0.4 is 5.32 Å². The summed E-state index contributed by atoms with van der Waals surface area (Å²) in [5.41, 5.74) is 1.85. The predicted molar refractivity (Wildman–Crippen MR) is 140 cm³/mol. The molecule has 6 rings (SSSR count). The zero-order chi connectivity index (χ0) is 27.3. The number of aromatic nitrogens is 5. The molecule has 1 aliphatic heterocycles. The van der Waals surface area contributed by atoms with Crippen molar-refractivity contribution in [3.63, 3.8) is 0 Å². The Morgan fingerprint density at radius 1 is 1.18 bits per heavy atom. The van der Waals surface area contributed by atoms with Gasteiger partial charge >= 0.3 is 0 Å². The number of thioether (sulfide) groups is 1. The maximum absolute atomic E-state index is 13.8. The van der Waals surface area contributed by atoms with Gasteiger partial charge in [-0.1, -0.05) is 30.0 Å². The summed E-state index contributed by atoms with van der Waals surface area (Å²) in [7, 11) is 0. The molecule has 39 heavy (non-hydrogen) atoms. The van der Waals surface area contributed by atoms with Crippen LogP contribution in [0.3, 0.4) is 0 Å². The highest BCUT2D eigenvalue weighted by molar-refractivity contribution is 7.99. The third-order valence-corrected chi connectivity index (χ3v) is 8.40. The molecule has 3 aliphatic rings. The van der Waals surface area contributed by atoms with E-state index >= 15 is 0 Å². The van der Waals surface area contributed by atoms with Crippen molar-refractivity contribution in [2.75, 3.05) is 24.3 Å². The fraction of sp³-hybridized carbons (Fsp3) is 0.615. The molecule has 3 aromatic rings. The number of nitrogens with zero attached hydrogens (tertiary/aromatic N) is 5. The highest BCUT2D eigenvalue weighted by Gasteiger charge is 2.56. The summed E-state index contributed by atoms with van der Waals surface area (Å²) >= 11 is 1.55. The highest BCUT2D eigenvalue weighted by Crippen LogP contribution is 2.46. The monoisotopic (exact) mass is 562 g/mol. The number of aliphatic hydroxyl groups is 1. The van der Waals surface area contributed by atoms with E-state index in [9.17, 15) is 13.9 Å². The Bertz CT molecular complexity index is 1360. The van der Waals surface area contributed by atoms with E-state index in [1.807, 2.05) is 13.8 Å². The van der Waals surface area contributed by atoms with Crippen molar-refractivity contribution >= 4 is 28.7 Å². The molecular weight excluding hydrogens is 530 g/mol. The first-order chi connectivity index (χ1) is 18.8. The molecule has 210 valence electrons. The van der Waals surface area contributed by atoms with Crippen LogP contribution in [0.4, 0.5) is 14.6 Å². The van der Waals surface area contributed by atoms with Crippen molar-refractivity contribution in [2.45, 2.75) is 87.3 Å². The van der Waals surface area contributed by atoms with Crippen LogP contribution in [-0.4, -0.2) is 79.2 Å². The molecule has 13 heteroatoms. The van der Waals surface area contributed by atoms with Crippen molar-refractivity contribution in [1.29, 1.82) is 0 Å². The molecule has 3 fully saturated rings. The quantitative estimate of drug-likeness (QED) is 0.279. The normalized spacial score (nSPS) is 29.2. The Balaban J connectivity index is 1.31. The standard InChI is InChI=1S/C26H32F2N6O4S/c1-4-9-39-25-30-23(29-17-11-14(17)13-5-6-15(27)16(28)10-13)20-24(31-25)34(33-32-20)18-12-19(36-8-7-35)22-21(18)37-26(2,3)38-22/h5-6,10,14,17-19,21-22,35H,4,7-9,11-12H2,1-3H3,(H,29,30,31)/t14?,17-,18+,19-,21-,22+/m1/s1. The topological polar surface area (TPSA) is 116 Å². The van der Waals surface area contributed by atoms with E-state index in [0.717, 1.165) is 30.2 Å². The van der Waals surface area contributed by atoms with E-state index in [1.165, 1.54) is 6.07 Å². The van der Waals surface area contributed by atoms with Gasteiger partial charge in [0.05, 0.1) is 25.4 Å². The van der Waals surface area contributed by atoms with Crippen molar-refractivity contribution in [3.05, 3.63) is 35.4 Å². The summed E-state index contributed by atoms with van der Waals surface area (Å²) in [6.07, 6.45) is 1.38. The Kier molecular flexibility index (Phi) is 7.21. The lowest BCUT2D eigenvalue weighted by molar-refractivity contribution is -0.171. The second-order valence-electron chi connectivity index (χ2n) is 10.7. The Labute approximate surface area is 228 Å². The van der Waals surface area contributed by atoms with Crippen molar-refractivity contribution < 1.29 is 28.1 Å². The lowest BCUT2D eigenvalue weighted by Crippen LogP contribution is -2.31. The van der Waals surface area contributed by atoms with Gasteiger partial charge in [-0.25, -0.2) is 23.4 Å². The maximum Gasteiger partial charge on any atom is 0.191 e. The van der Waals surface area contributed by atoms with Gasteiger partial charge in [0, 0.05) is 24.1 Å². The van der Waals surface area contributed by atoms with E-state index in [4.69, 9.17) is 24.2 Å². The molecule has 1 aromatic carbocycles. The Morgan fingerprint density at radius 2 is 2.00 bits per heavy atom. The number of nitrogens with one attached hydrogen (secondary N) is 1. The molecule has 0 amide bonds. The zero-order valence-corrected chi connectivity index (χ0v) is 22.8. The predicted octanol–water partition coefficient (Wildman–Crippen LogP) is 3.81. The van der Waals surface area contributed by atoms with Gasteiger partial charge in [0.25, 0.3) is 0 Å². The third-order valence-electron chi connectivity index (χ3n) is 7.34. The van der Waals surface area contributed by atoms with E-state index in [-0.39, 0.29) is 49.5 Å². The molecule has 6 atom stereocenters. The van der Waals surface area contributed by atoms with Crippen LogP contribution in [0.5, 0.6) is 0 Å². The average Bonchev–Trinajstić information content (AvgIpc) is 3.24. The second-order valence-corrected chi connectivity index (χ2v) is 11.7. The summed E-state index contributed by atoms with van der Waals surface area (Å²) in [4.78, 5) is 9.57. The highest BCUT2D eigenvalue weighted by atomic mass is 32.2. The van der Waals surface area contributed by atoms with Crippen molar-refractivity contribution in [1.82, 2.24) is 25.0 Å².